The zero-order chi connectivity index (χ0) is 13.8. The van der Waals surface area contributed by atoms with E-state index in [4.69, 9.17) is 0 Å². The average Bonchev–Trinajstić information content (AvgIpc) is 2.39. The minimum absolute atomic E-state index is 0.170. The minimum atomic E-state index is -0.651. The number of nitro benzene ring substituents is 1. The maximum Gasteiger partial charge on any atom is 0.272 e. The topological polar surface area (TPSA) is 72.2 Å². The van der Waals surface area contributed by atoms with Crippen molar-refractivity contribution in [2.45, 2.75) is 32.4 Å². The summed E-state index contributed by atoms with van der Waals surface area (Å²) >= 11 is 0. The Hall–Kier alpha value is -1.27. The number of benzene rings is 1. The van der Waals surface area contributed by atoms with Crippen LogP contribution in [0.25, 0.3) is 0 Å². The normalized spacial score (nSPS) is 23.2. The van der Waals surface area contributed by atoms with E-state index >= 15 is 0 Å². The Labute approximate surface area is 115 Å². The van der Waals surface area contributed by atoms with E-state index in [0.717, 1.165) is 29.9 Å². The van der Waals surface area contributed by atoms with Gasteiger partial charge in [0.1, 0.15) is 0 Å². The maximum atomic E-state index is 11.2. The second kappa shape index (κ2) is 6.25. The SMILES string of the molecule is Cc1ccc(CNC2CCS(=O)CC2)cc1[N+](=O)[O-]. The van der Waals surface area contributed by atoms with Crippen LogP contribution in [-0.2, 0) is 17.3 Å². The highest BCUT2D eigenvalue weighted by Crippen LogP contribution is 2.19. The molecule has 19 heavy (non-hydrogen) atoms. The Morgan fingerprint density at radius 1 is 1.42 bits per heavy atom. The van der Waals surface area contributed by atoms with Crippen LogP contribution >= 0.6 is 0 Å². The highest BCUT2D eigenvalue weighted by Gasteiger charge is 2.17. The molecule has 1 aliphatic rings. The summed E-state index contributed by atoms with van der Waals surface area (Å²) in [6.45, 7) is 2.37. The molecule has 104 valence electrons. The van der Waals surface area contributed by atoms with Crippen molar-refractivity contribution in [2.75, 3.05) is 11.5 Å². The van der Waals surface area contributed by atoms with E-state index in [1.165, 1.54) is 0 Å². The monoisotopic (exact) mass is 282 g/mol. The second-order valence-corrected chi connectivity index (χ2v) is 6.58. The number of hydrogen-bond acceptors (Lipinski definition) is 4. The number of nitrogens with one attached hydrogen (secondary N) is 1. The largest absolute Gasteiger partial charge is 0.310 e. The molecule has 0 aromatic heterocycles. The zero-order valence-corrected chi connectivity index (χ0v) is 11.7. The Bertz CT molecular complexity index is 495. The van der Waals surface area contributed by atoms with Gasteiger partial charge in [-0.25, -0.2) is 0 Å². The van der Waals surface area contributed by atoms with Crippen LogP contribution < -0.4 is 5.32 Å². The van der Waals surface area contributed by atoms with Crippen LogP contribution in [0.1, 0.15) is 24.0 Å². The predicted octanol–water partition coefficient (Wildman–Crippen LogP) is 1.90. The van der Waals surface area contributed by atoms with Gasteiger partial charge in [0.25, 0.3) is 5.69 Å². The van der Waals surface area contributed by atoms with Gasteiger partial charge in [0.05, 0.1) is 4.92 Å². The molecule has 0 aliphatic carbocycles. The van der Waals surface area contributed by atoms with E-state index in [0.29, 0.717) is 18.2 Å². The highest BCUT2D eigenvalue weighted by atomic mass is 32.2. The first kappa shape index (κ1) is 14.1. The number of rotatable bonds is 4. The number of hydrogen-bond donors (Lipinski definition) is 1. The summed E-state index contributed by atoms with van der Waals surface area (Å²) < 4.78 is 11.2. The summed E-state index contributed by atoms with van der Waals surface area (Å²) in [6.07, 6.45) is 1.83. The average molecular weight is 282 g/mol. The van der Waals surface area contributed by atoms with Crippen LogP contribution in [0.5, 0.6) is 0 Å². The Balaban J connectivity index is 1.94. The fourth-order valence-corrected chi connectivity index (χ4v) is 3.52. The van der Waals surface area contributed by atoms with E-state index in [9.17, 15) is 14.3 Å². The summed E-state index contributed by atoms with van der Waals surface area (Å²) in [5, 5.41) is 14.3. The summed E-state index contributed by atoms with van der Waals surface area (Å²) in [6, 6.07) is 5.70. The molecular weight excluding hydrogens is 264 g/mol. The van der Waals surface area contributed by atoms with Crippen molar-refractivity contribution < 1.29 is 9.13 Å². The molecule has 0 spiro atoms. The van der Waals surface area contributed by atoms with Crippen molar-refractivity contribution in [2.24, 2.45) is 0 Å². The first-order valence-electron chi connectivity index (χ1n) is 6.38. The second-order valence-electron chi connectivity index (χ2n) is 4.88. The van der Waals surface area contributed by atoms with Gasteiger partial charge in [0.15, 0.2) is 0 Å². The first-order valence-corrected chi connectivity index (χ1v) is 7.87. The lowest BCUT2D eigenvalue weighted by Crippen LogP contribution is -2.35. The summed E-state index contributed by atoms with van der Waals surface area (Å²) in [5.41, 5.74) is 1.77. The van der Waals surface area contributed by atoms with Crippen molar-refractivity contribution in [1.29, 1.82) is 0 Å². The van der Waals surface area contributed by atoms with Crippen LogP contribution in [-0.4, -0.2) is 26.7 Å². The van der Waals surface area contributed by atoms with Crippen molar-refractivity contribution in [3.8, 4) is 0 Å². The van der Waals surface area contributed by atoms with Gasteiger partial charge >= 0.3 is 0 Å². The fraction of sp³-hybridized carbons (Fsp3) is 0.538. The van der Waals surface area contributed by atoms with Crippen molar-refractivity contribution in [1.82, 2.24) is 5.32 Å². The molecule has 0 bridgehead atoms. The van der Waals surface area contributed by atoms with Gasteiger partial charge in [0.2, 0.25) is 0 Å². The molecule has 1 N–H and O–H groups in total. The van der Waals surface area contributed by atoms with Crippen LogP contribution in [0, 0.1) is 17.0 Å². The summed E-state index contributed by atoms with van der Waals surface area (Å²) in [5.74, 6) is 1.51. The molecular formula is C13H18N2O3S. The fourth-order valence-electron chi connectivity index (χ4n) is 2.22. The molecule has 0 radical (unpaired) electrons. The third kappa shape index (κ3) is 3.84. The Morgan fingerprint density at radius 2 is 2.11 bits per heavy atom. The van der Waals surface area contributed by atoms with Crippen LogP contribution in [0.15, 0.2) is 18.2 Å². The molecule has 2 rings (SSSR count). The molecule has 1 aromatic carbocycles. The van der Waals surface area contributed by atoms with Crippen LogP contribution in [0.3, 0.4) is 0 Å². The van der Waals surface area contributed by atoms with Crippen molar-refractivity contribution in [3.63, 3.8) is 0 Å². The first-order chi connectivity index (χ1) is 9.06. The van der Waals surface area contributed by atoms with Gasteiger partial charge in [-0.05, 0) is 25.3 Å². The molecule has 0 amide bonds. The Morgan fingerprint density at radius 3 is 2.74 bits per heavy atom. The lowest BCUT2D eigenvalue weighted by Gasteiger charge is -2.22. The number of nitrogens with zero attached hydrogens (tertiary/aromatic N) is 1. The third-order valence-corrected chi connectivity index (χ3v) is 4.84. The Kier molecular flexibility index (Phi) is 4.66. The highest BCUT2D eigenvalue weighted by molar-refractivity contribution is 7.85. The standard InChI is InChI=1S/C13H18N2O3S/c1-10-2-3-11(8-13(10)15(16)17)9-14-12-4-6-19(18)7-5-12/h2-3,8,12,14H,4-7,9H2,1H3. The van der Waals surface area contributed by atoms with E-state index in [-0.39, 0.29) is 10.6 Å². The van der Waals surface area contributed by atoms with Crippen molar-refractivity contribution >= 4 is 16.5 Å². The lowest BCUT2D eigenvalue weighted by molar-refractivity contribution is -0.385. The van der Waals surface area contributed by atoms with Gasteiger partial charge in [-0.1, -0.05) is 12.1 Å². The lowest BCUT2D eigenvalue weighted by atomic mass is 10.1. The third-order valence-electron chi connectivity index (χ3n) is 3.45. The zero-order valence-electron chi connectivity index (χ0n) is 10.9. The van der Waals surface area contributed by atoms with E-state index in [1.807, 2.05) is 6.07 Å². The van der Waals surface area contributed by atoms with Gasteiger partial charge in [0, 0.05) is 46.5 Å². The molecule has 1 heterocycles. The smallest absolute Gasteiger partial charge is 0.272 e. The number of nitro groups is 1. The maximum absolute atomic E-state index is 11.2. The molecule has 1 fully saturated rings. The van der Waals surface area contributed by atoms with Gasteiger partial charge in [-0.15, -0.1) is 0 Å². The molecule has 6 heteroatoms. The molecule has 1 aromatic rings. The van der Waals surface area contributed by atoms with Crippen molar-refractivity contribution in [3.05, 3.63) is 39.4 Å². The van der Waals surface area contributed by atoms with E-state index < -0.39 is 10.8 Å². The summed E-state index contributed by atoms with van der Waals surface area (Å²) in [4.78, 5) is 10.5. The van der Waals surface area contributed by atoms with Gasteiger partial charge in [-0.2, -0.15) is 0 Å². The number of aryl methyl sites for hydroxylation is 1. The molecule has 0 atom stereocenters. The quantitative estimate of drug-likeness (QED) is 0.676. The molecule has 0 saturated carbocycles. The summed E-state index contributed by atoms with van der Waals surface area (Å²) in [7, 11) is -0.651. The van der Waals surface area contributed by atoms with E-state index in [2.05, 4.69) is 5.32 Å². The van der Waals surface area contributed by atoms with Crippen LogP contribution in [0.2, 0.25) is 0 Å². The van der Waals surface area contributed by atoms with E-state index in [1.54, 1.807) is 19.1 Å². The predicted molar refractivity (Wildman–Crippen MR) is 75.6 cm³/mol. The van der Waals surface area contributed by atoms with Crippen LogP contribution in [0.4, 0.5) is 5.69 Å². The molecule has 0 unspecified atom stereocenters. The molecule has 5 nitrogen and oxygen atoms in total. The molecule has 1 saturated heterocycles. The minimum Gasteiger partial charge on any atom is -0.310 e. The van der Waals surface area contributed by atoms with Gasteiger partial charge < -0.3 is 5.32 Å². The molecule has 1 aliphatic heterocycles. The van der Waals surface area contributed by atoms with Gasteiger partial charge in [-0.3, -0.25) is 14.3 Å².